The quantitative estimate of drug-likeness (QED) is 0.666. The Morgan fingerprint density at radius 3 is 2.36 bits per heavy atom. The lowest BCUT2D eigenvalue weighted by Gasteiger charge is -2.41. The summed E-state index contributed by atoms with van der Waals surface area (Å²) in [5.74, 6) is 0.369. The molecule has 0 amide bonds. The Bertz CT molecular complexity index is 368. The van der Waals surface area contributed by atoms with Crippen LogP contribution in [0.4, 0.5) is 4.39 Å². The number of nitrogens with zero attached hydrogens (tertiary/aromatic N) is 1. The summed E-state index contributed by atoms with van der Waals surface area (Å²) in [4.78, 5) is 0. The molecule has 1 aliphatic rings. The van der Waals surface area contributed by atoms with Gasteiger partial charge in [-0.2, -0.15) is 5.26 Å². The van der Waals surface area contributed by atoms with Crippen LogP contribution in [0.5, 0.6) is 0 Å². The number of hydrogen-bond donors (Lipinski definition) is 0. The third-order valence-corrected chi connectivity index (χ3v) is 3.00. The summed E-state index contributed by atoms with van der Waals surface area (Å²) in [7, 11) is 0. The molecule has 1 aliphatic carbocycles. The highest BCUT2D eigenvalue weighted by atomic mass is 19.1. The van der Waals surface area contributed by atoms with Gasteiger partial charge in [0.15, 0.2) is 0 Å². The first-order valence-corrected chi connectivity index (χ1v) is 4.83. The summed E-state index contributed by atoms with van der Waals surface area (Å²) < 4.78 is 12.7. The SMILES string of the molecule is CC1CC(C#N)(c2ccc(F)cc2)C1. The molecule has 1 fully saturated rings. The number of hydrogen-bond acceptors (Lipinski definition) is 1. The van der Waals surface area contributed by atoms with E-state index in [0.29, 0.717) is 5.92 Å². The van der Waals surface area contributed by atoms with Crippen molar-refractivity contribution in [3.63, 3.8) is 0 Å². The van der Waals surface area contributed by atoms with Crippen LogP contribution in [0.2, 0.25) is 0 Å². The molecule has 0 N–H and O–H groups in total. The minimum atomic E-state index is -0.340. The maximum atomic E-state index is 12.7. The second kappa shape index (κ2) is 3.09. The molecule has 0 radical (unpaired) electrons. The van der Waals surface area contributed by atoms with Crippen molar-refractivity contribution in [2.45, 2.75) is 25.2 Å². The Hall–Kier alpha value is -1.36. The molecule has 0 heterocycles. The highest BCUT2D eigenvalue weighted by Crippen LogP contribution is 2.46. The maximum absolute atomic E-state index is 12.7. The van der Waals surface area contributed by atoms with Crippen LogP contribution in [0.25, 0.3) is 0 Å². The van der Waals surface area contributed by atoms with Gasteiger partial charge in [0.05, 0.1) is 11.5 Å². The van der Waals surface area contributed by atoms with Gasteiger partial charge in [0.2, 0.25) is 0 Å². The van der Waals surface area contributed by atoms with E-state index in [1.165, 1.54) is 12.1 Å². The first-order valence-electron chi connectivity index (χ1n) is 4.83. The van der Waals surface area contributed by atoms with Crippen LogP contribution < -0.4 is 0 Å². The fraction of sp³-hybridized carbons (Fsp3) is 0.417. The van der Waals surface area contributed by atoms with Crippen molar-refractivity contribution >= 4 is 0 Å². The van der Waals surface area contributed by atoms with E-state index in [1.807, 2.05) is 0 Å². The van der Waals surface area contributed by atoms with E-state index in [-0.39, 0.29) is 11.2 Å². The third-order valence-electron chi connectivity index (χ3n) is 3.00. The molecule has 2 heteroatoms. The lowest BCUT2D eigenvalue weighted by atomic mass is 9.60. The smallest absolute Gasteiger partial charge is 0.123 e. The average Bonchev–Trinajstić information content (AvgIpc) is 2.14. The second-order valence-corrected chi connectivity index (χ2v) is 4.21. The Kier molecular flexibility index (Phi) is 2.03. The Labute approximate surface area is 83.2 Å². The lowest BCUT2D eigenvalue weighted by Crippen LogP contribution is -2.38. The Balaban J connectivity index is 2.31. The Morgan fingerprint density at radius 2 is 1.93 bits per heavy atom. The zero-order chi connectivity index (χ0) is 10.2. The molecule has 72 valence electrons. The molecule has 0 saturated heterocycles. The molecule has 1 nitrogen and oxygen atoms in total. The molecule has 0 aromatic heterocycles. The van der Waals surface area contributed by atoms with Crippen LogP contribution in [0.3, 0.4) is 0 Å². The van der Waals surface area contributed by atoms with Crippen molar-refractivity contribution in [1.29, 1.82) is 5.26 Å². The van der Waals surface area contributed by atoms with E-state index < -0.39 is 0 Å². The Morgan fingerprint density at radius 1 is 1.36 bits per heavy atom. The number of benzene rings is 1. The van der Waals surface area contributed by atoms with Gasteiger partial charge in [-0.25, -0.2) is 4.39 Å². The van der Waals surface area contributed by atoms with Gasteiger partial charge in [0.25, 0.3) is 0 Å². The van der Waals surface area contributed by atoms with E-state index in [2.05, 4.69) is 13.0 Å². The highest BCUT2D eigenvalue weighted by Gasteiger charge is 2.43. The van der Waals surface area contributed by atoms with Gasteiger partial charge < -0.3 is 0 Å². The van der Waals surface area contributed by atoms with Gasteiger partial charge in [0, 0.05) is 0 Å². The van der Waals surface area contributed by atoms with E-state index in [1.54, 1.807) is 12.1 Å². The van der Waals surface area contributed by atoms with Gasteiger partial charge in [-0.15, -0.1) is 0 Å². The third kappa shape index (κ3) is 1.29. The monoisotopic (exact) mass is 189 g/mol. The van der Waals surface area contributed by atoms with Crippen LogP contribution in [0.1, 0.15) is 25.3 Å². The molecule has 1 aromatic rings. The standard InChI is InChI=1S/C12H12FN/c1-9-6-12(7-9,8-14)10-2-4-11(13)5-3-10/h2-5,9H,6-7H2,1H3. The van der Waals surface area contributed by atoms with Crippen LogP contribution >= 0.6 is 0 Å². The molecule has 1 saturated carbocycles. The van der Waals surface area contributed by atoms with Crippen LogP contribution in [-0.4, -0.2) is 0 Å². The highest BCUT2D eigenvalue weighted by molar-refractivity contribution is 5.35. The molecule has 1 aromatic carbocycles. The summed E-state index contributed by atoms with van der Waals surface area (Å²) in [6.07, 6.45) is 1.80. The van der Waals surface area contributed by atoms with Crippen molar-refractivity contribution < 1.29 is 4.39 Å². The normalized spacial score (nSPS) is 30.5. The molecule has 2 rings (SSSR count). The van der Waals surface area contributed by atoms with E-state index in [0.717, 1.165) is 18.4 Å². The largest absolute Gasteiger partial charge is 0.207 e. The summed E-state index contributed by atoms with van der Waals surface area (Å²) >= 11 is 0. The van der Waals surface area contributed by atoms with Gasteiger partial charge in [-0.1, -0.05) is 19.1 Å². The summed E-state index contributed by atoms with van der Waals surface area (Å²) in [5, 5.41) is 9.13. The number of rotatable bonds is 1. The topological polar surface area (TPSA) is 23.8 Å². The molecular formula is C12H12FN. The molecule has 0 spiro atoms. The van der Waals surface area contributed by atoms with Crippen molar-refractivity contribution in [1.82, 2.24) is 0 Å². The first-order chi connectivity index (χ1) is 6.66. The lowest BCUT2D eigenvalue weighted by molar-refractivity contribution is 0.217. The molecule has 0 unspecified atom stereocenters. The average molecular weight is 189 g/mol. The van der Waals surface area contributed by atoms with Crippen molar-refractivity contribution in [2.75, 3.05) is 0 Å². The van der Waals surface area contributed by atoms with Crippen LogP contribution in [0.15, 0.2) is 24.3 Å². The van der Waals surface area contributed by atoms with E-state index in [9.17, 15) is 4.39 Å². The van der Waals surface area contributed by atoms with Gasteiger partial charge in [0.1, 0.15) is 5.82 Å². The molecule has 0 bridgehead atoms. The van der Waals surface area contributed by atoms with Crippen molar-refractivity contribution in [2.24, 2.45) is 5.92 Å². The summed E-state index contributed by atoms with van der Waals surface area (Å²) in [5.41, 5.74) is 0.618. The zero-order valence-electron chi connectivity index (χ0n) is 8.13. The molecular weight excluding hydrogens is 177 g/mol. The predicted molar refractivity (Wildman–Crippen MR) is 52.1 cm³/mol. The minimum Gasteiger partial charge on any atom is -0.207 e. The maximum Gasteiger partial charge on any atom is 0.123 e. The van der Waals surface area contributed by atoms with Gasteiger partial charge in [-0.3, -0.25) is 0 Å². The first kappa shape index (κ1) is 9.21. The van der Waals surface area contributed by atoms with Crippen LogP contribution in [0, 0.1) is 23.1 Å². The number of nitriles is 1. The fourth-order valence-electron chi connectivity index (χ4n) is 2.29. The van der Waals surface area contributed by atoms with E-state index in [4.69, 9.17) is 5.26 Å². The molecule has 0 aliphatic heterocycles. The molecule has 14 heavy (non-hydrogen) atoms. The summed E-state index contributed by atoms with van der Waals surface area (Å²) in [6, 6.07) is 8.67. The van der Waals surface area contributed by atoms with Crippen LogP contribution in [-0.2, 0) is 5.41 Å². The zero-order valence-corrected chi connectivity index (χ0v) is 8.13. The number of halogens is 1. The second-order valence-electron chi connectivity index (χ2n) is 4.21. The minimum absolute atomic E-state index is 0.241. The fourth-order valence-corrected chi connectivity index (χ4v) is 2.29. The summed E-state index contributed by atoms with van der Waals surface area (Å²) in [6.45, 7) is 2.14. The van der Waals surface area contributed by atoms with Crippen molar-refractivity contribution in [3.05, 3.63) is 35.6 Å². The van der Waals surface area contributed by atoms with Gasteiger partial charge >= 0.3 is 0 Å². The van der Waals surface area contributed by atoms with E-state index >= 15 is 0 Å². The van der Waals surface area contributed by atoms with Gasteiger partial charge in [-0.05, 0) is 36.5 Å². The van der Waals surface area contributed by atoms with Crippen molar-refractivity contribution in [3.8, 4) is 6.07 Å². The predicted octanol–water partition coefficient (Wildman–Crippen LogP) is 3.02. The molecule has 0 atom stereocenters.